The summed E-state index contributed by atoms with van der Waals surface area (Å²) < 4.78 is 28.3. The molecule has 1 aliphatic rings. The number of nitrogens with one attached hydrogen (secondary N) is 1. The van der Waals surface area contributed by atoms with Gasteiger partial charge >= 0.3 is 0 Å². The maximum atomic E-state index is 12.8. The van der Waals surface area contributed by atoms with Gasteiger partial charge < -0.3 is 4.90 Å². The highest BCUT2D eigenvalue weighted by Gasteiger charge is 2.25. The fourth-order valence-electron chi connectivity index (χ4n) is 3.50. The molecule has 0 fully saturated rings. The molecule has 3 rings (SSSR count). The van der Waals surface area contributed by atoms with Crippen LogP contribution in [0.3, 0.4) is 0 Å². The summed E-state index contributed by atoms with van der Waals surface area (Å²) in [6.07, 6.45) is 1.08. The summed E-state index contributed by atoms with van der Waals surface area (Å²) in [5, 5.41) is 0. The first-order chi connectivity index (χ1) is 12.7. The minimum atomic E-state index is -3.66. The molecule has 6 heteroatoms. The molecule has 27 heavy (non-hydrogen) atoms. The average Bonchev–Trinajstić information content (AvgIpc) is 2.56. The van der Waals surface area contributed by atoms with Crippen molar-refractivity contribution in [3.05, 3.63) is 53.1 Å². The number of hydrogen-bond acceptors (Lipinski definition) is 3. The van der Waals surface area contributed by atoms with Gasteiger partial charge in [-0.2, -0.15) is 0 Å². The van der Waals surface area contributed by atoms with Gasteiger partial charge in [-0.05, 0) is 61.6 Å². The van der Waals surface area contributed by atoms with E-state index >= 15 is 0 Å². The first-order valence-corrected chi connectivity index (χ1v) is 10.7. The Labute approximate surface area is 161 Å². The highest BCUT2D eigenvalue weighted by molar-refractivity contribution is 7.92. The number of carbonyl (C=O) groups excluding carboxylic acids is 1. The zero-order valence-electron chi connectivity index (χ0n) is 16.2. The lowest BCUT2D eigenvalue weighted by molar-refractivity contribution is -0.119. The quantitative estimate of drug-likeness (QED) is 0.843. The van der Waals surface area contributed by atoms with Crippen molar-refractivity contribution in [2.75, 3.05) is 16.2 Å². The van der Waals surface area contributed by atoms with E-state index in [9.17, 15) is 13.2 Å². The van der Waals surface area contributed by atoms with Crippen LogP contribution in [0.4, 0.5) is 11.4 Å². The summed E-state index contributed by atoms with van der Waals surface area (Å²) in [4.78, 5) is 14.4. The maximum Gasteiger partial charge on any atom is 0.262 e. The maximum absolute atomic E-state index is 12.8. The van der Waals surface area contributed by atoms with Crippen LogP contribution in [-0.4, -0.2) is 20.9 Å². The number of fused-ring (bicyclic) bond motifs is 1. The Morgan fingerprint density at radius 3 is 2.48 bits per heavy atom. The number of rotatable bonds is 5. The molecule has 5 nitrogen and oxygen atoms in total. The van der Waals surface area contributed by atoms with Crippen LogP contribution in [0, 0.1) is 19.8 Å². The minimum Gasteiger partial charge on any atom is -0.312 e. The van der Waals surface area contributed by atoms with Crippen molar-refractivity contribution >= 4 is 27.3 Å². The molecule has 0 unspecified atom stereocenters. The van der Waals surface area contributed by atoms with E-state index in [0.29, 0.717) is 36.6 Å². The third kappa shape index (κ3) is 4.16. The minimum absolute atomic E-state index is 0.125. The van der Waals surface area contributed by atoms with Crippen molar-refractivity contribution < 1.29 is 13.2 Å². The average molecular weight is 387 g/mol. The summed E-state index contributed by atoms with van der Waals surface area (Å²) in [7, 11) is -3.66. The number of nitrogens with zero attached hydrogens (tertiary/aromatic N) is 1. The molecule has 2 aromatic carbocycles. The molecule has 0 saturated heterocycles. The van der Waals surface area contributed by atoms with E-state index in [4.69, 9.17) is 0 Å². The number of sulfonamides is 1. The number of hydrogen-bond donors (Lipinski definition) is 1. The van der Waals surface area contributed by atoms with Gasteiger partial charge in [-0.3, -0.25) is 9.52 Å². The third-order valence-corrected chi connectivity index (χ3v) is 6.24. The number of benzene rings is 2. The van der Waals surface area contributed by atoms with Gasteiger partial charge in [0.05, 0.1) is 4.90 Å². The third-order valence-electron chi connectivity index (χ3n) is 4.70. The Morgan fingerprint density at radius 2 is 1.81 bits per heavy atom. The summed E-state index contributed by atoms with van der Waals surface area (Å²) in [5.74, 6) is 0.488. The Balaban J connectivity index is 1.90. The fourth-order valence-corrected chi connectivity index (χ4v) is 4.78. The van der Waals surface area contributed by atoms with Crippen molar-refractivity contribution in [3.63, 3.8) is 0 Å². The molecule has 0 aromatic heterocycles. The Morgan fingerprint density at radius 1 is 1.07 bits per heavy atom. The number of aryl methyl sites for hydroxylation is 3. The summed E-state index contributed by atoms with van der Waals surface area (Å²) in [6, 6.07) is 10.7. The summed E-state index contributed by atoms with van der Waals surface area (Å²) >= 11 is 0. The Kier molecular flexibility index (Phi) is 5.29. The topological polar surface area (TPSA) is 66.5 Å². The molecule has 0 bridgehead atoms. The highest BCUT2D eigenvalue weighted by atomic mass is 32.2. The zero-order valence-corrected chi connectivity index (χ0v) is 17.1. The molecule has 0 spiro atoms. The van der Waals surface area contributed by atoms with Crippen molar-refractivity contribution in [2.45, 2.75) is 45.4 Å². The lowest BCUT2D eigenvalue weighted by atomic mass is 9.99. The van der Waals surface area contributed by atoms with Crippen LogP contribution in [0.15, 0.2) is 41.3 Å². The van der Waals surface area contributed by atoms with Crippen molar-refractivity contribution in [3.8, 4) is 0 Å². The molecule has 0 saturated carbocycles. The van der Waals surface area contributed by atoms with Crippen LogP contribution < -0.4 is 9.62 Å². The lowest BCUT2D eigenvalue weighted by Crippen LogP contribution is -2.37. The first kappa shape index (κ1) is 19.4. The Hall–Kier alpha value is -2.34. The second-order valence-electron chi connectivity index (χ2n) is 7.62. The second kappa shape index (κ2) is 7.35. The van der Waals surface area contributed by atoms with Crippen LogP contribution in [0.1, 0.15) is 37.0 Å². The van der Waals surface area contributed by atoms with Gasteiger partial charge in [0.25, 0.3) is 10.0 Å². The van der Waals surface area contributed by atoms with Gasteiger partial charge in [-0.25, -0.2) is 8.42 Å². The van der Waals surface area contributed by atoms with E-state index in [0.717, 1.165) is 16.8 Å². The normalized spacial score (nSPS) is 14.4. The van der Waals surface area contributed by atoms with Crippen LogP contribution in [0.2, 0.25) is 0 Å². The molecule has 1 N–H and O–H groups in total. The van der Waals surface area contributed by atoms with E-state index in [1.165, 1.54) is 0 Å². The van der Waals surface area contributed by atoms with Crippen LogP contribution in [-0.2, 0) is 21.2 Å². The van der Waals surface area contributed by atoms with Crippen LogP contribution in [0.5, 0.6) is 0 Å². The smallest absolute Gasteiger partial charge is 0.262 e. The Bertz CT molecular complexity index is 981. The molecule has 1 heterocycles. The SMILES string of the molecule is Cc1ccc(S(=O)(=O)Nc2ccc3c(c2)CCC(=O)N3CC(C)C)c(C)c1. The molecule has 144 valence electrons. The van der Waals surface area contributed by atoms with Gasteiger partial charge in [0.2, 0.25) is 5.91 Å². The molecular formula is C21H26N2O3S. The van der Waals surface area contributed by atoms with Gasteiger partial charge in [-0.1, -0.05) is 31.5 Å². The van der Waals surface area contributed by atoms with E-state index < -0.39 is 10.0 Å². The second-order valence-corrected chi connectivity index (χ2v) is 9.27. The summed E-state index contributed by atoms with van der Waals surface area (Å²) in [6.45, 7) is 8.55. The van der Waals surface area contributed by atoms with Crippen molar-refractivity contribution in [2.24, 2.45) is 5.92 Å². The van der Waals surface area contributed by atoms with Gasteiger partial charge in [-0.15, -0.1) is 0 Å². The number of anilines is 2. The lowest BCUT2D eigenvalue weighted by Gasteiger charge is -2.31. The molecule has 0 aliphatic carbocycles. The standard InChI is InChI=1S/C21H26N2O3S/c1-14(2)13-23-19-8-7-18(12-17(19)6-10-21(23)24)22-27(25,26)20-9-5-15(3)11-16(20)4/h5,7-9,11-12,14,22H,6,10,13H2,1-4H3. The number of amides is 1. The van der Waals surface area contributed by atoms with Crippen molar-refractivity contribution in [1.29, 1.82) is 0 Å². The fraction of sp³-hybridized carbons (Fsp3) is 0.381. The van der Waals surface area contributed by atoms with Gasteiger partial charge in [0.15, 0.2) is 0 Å². The molecular weight excluding hydrogens is 360 g/mol. The highest BCUT2D eigenvalue weighted by Crippen LogP contribution is 2.32. The zero-order chi connectivity index (χ0) is 19.8. The van der Waals surface area contributed by atoms with E-state index in [2.05, 4.69) is 18.6 Å². The van der Waals surface area contributed by atoms with E-state index in [1.807, 2.05) is 30.0 Å². The summed E-state index contributed by atoms with van der Waals surface area (Å²) in [5.41, 5.74) is 4.14. The molecule has 1 aliphatic heterocycles. The monoisotopic (exact) mass is 386 g/mol. The number of carbonyl (C=O) groups is 1. The molecule has 0 radical (unpaired) electrons. The van der Waals surface area contributed by atoms with E-state index in [-0.39, 0.29) is 10.8 Å². The first-order valence-electron chi connectivity index (χ1n) is 9.21. The van der Waals surface area contributed by atoms with E-state index in [1.54, 1.807) is 25.1 Å². The predicted octanol–water partition coefficient (Wildman–Crippen LogP) is 4.04. The van der Waals surface area contributed by atoms with Crippen molar-refractivity contribution in [1.82, 2.24) is 0 Å². The van der Waals surface area contributed by atoms with Gasteiger partial charge in [0.1, 0.15) is 0 Å². The van der Waals surface area contributed by atoms with Gasteiger partial charge in [0, 0.05) is 24.3 Å². The van der Waals surface area contributed by atoms with Crippen LogP contribution in [0.25, 0.3) is 0 Å². The predicted molar refractivity (Wildman–Crippen MR) is 109 cm³/mol. The largest absolute Gasteiger partial charge is 0.312 e. The molecule has 1 amide bonds. The molecule has 0 atom stereocenters. The van der Waals surface area contributed by atoms with Crippen LogP contribution >= 0.6 is 0 Å². The molecule has 2 aromatic rings.